The highest BCUT2D eigenvalue weighted by Gasteiger charge is 2.13. The van der Waals surface area contributed by atoms with Gasteiger partial charge in [0.25, 0.3) is 0 Å². The summed E-state index contributed by atoms with van der Waals surface area (Å²) in [4.78, 5) is 0. The average Bonchev–Trinajstić information content (AvgIpc) is 2.15. The highest BCUT2D eigenvalue weighted by molar-refractivity contribution is 6.18. The topological polar surface area (TPSA) is 0 Å². The second-order valence-corrected chi connectivity index (χ2v) is 5.24. The van der Waals surface area contributed by atoms with Gasteiger partial charge in [0.2, 0.25) is 0 Å². The van der Waals surface area contributed by atoms with Crippen molar-refractivity contribution < 1.29 is 0 Å². The van der Waals surface area contributed by atoms with Crippen molar-refractivity contribution in [1.82, 2.24) is 0 Å². The quantitative estimate of drug-likeness (QED) is 0.638. The molecule has 0 fully saturated rings. The largest absolute Gasteiger partial charge is 0.126 e. The molecule has 0 aliphatic carbocycles. The van der Waals surface area contributed by atoms with Crippen molar-refractivity contribution in [1.29, 1.82) is 0 Å². The molecule has 0 heterocycles. The molecule has 14 heavy (non-hydrogen) atoms. The fourth-order valence-corrected chi connectivity index (χ4v) is 1.58. The number of alkyl halides is 1. The number of halogens is 1. The molecule has 1 rings (SSSR count). The van der Waals surface area contributed by atoms with E-state index in [4.69, 9.17) is 11.6 Å². The Labute approximate surface area is 92.3 Å². The molecule has 1 atom stereocenters. The van der Waals surface area contributed by atoms with Crippen molar-refractivity contribution in [2.75, 3.05) is 5.88 Å². The maximum absolute atomic E-state index is 5.82. The van der Waals surface area contributed by atoms with Crippen LogP contribution in [-0.2, 0) is 5.41 Å². The maximum atomic E-state index is 5.82. The first-order valence-electron chi connectivity index (χ1n) is 5.11. The molecule has 0 radical (unpaired) electrons. The molecule has 0 nitrogen and oxygen atoms in total. The third-order valence-corrected chi connectivity index (χ3v) is 3.04. The monoisotopic (exact) mass is 210 g/mol. The molecule has 78 valence electrons. The highest BCUT2D eigenvalue weighted by Crippen LogP contribution is 2.24. The minimum absolute atomic E-state index is 0.239. The first-order valence-corrected chi connectivity index (χ1v) is 5.65. The van der Waals surface area contributed by atoms with Gasteiger partial charge in [-0.15, -0.1) is 11.6 Å². The van der Waals surface area contributed by atoms with Gasteiger partial charge in [0, 0.05) is 5.88 Å². The van der Waals surface area contributed by atoms with Crippen molar-refractivity contribution in [3.05, 3.63) is 35.4 Å². The summed E-state index contributed by atoms with van der Waals surface area (Å²) < 4.78 is 0. The van der Waals surface area contributed by atoms with Gasteiger partial charge in [-0.2, -0.15) is 0 Å². The van der Waals surface area contributed by atoms with Gasteiger partial charge in [0.05, 0.1) is 0 Å². The van der Waals surface area contributed by atoms with Crippen LogP contribution in [0.2, 0.25) is 0 Å². The summed E-state index contributed by atoms with van der Waals surface area (Å²) in [6.07, 6.45) is 0. The minimum Gasteiger partial charge on any atom is -0.126 e. The Kier molecular flexibility index (Phi) is 3.60. The van der Waals surface area contributed by atoms with Gasteiger partial charge < -0.3 is 0 Å². The van der Waals surface area contributed by atoms with E-state index in [0.29, 0.717) is 11.8 Å². The zero-order valence-electron chi connectivity index (χ0n) is 9.47. The standard InChI is InChI=1S/C13H19Cl/c1-10(9-14)11-5-7-12(8-6-11)13(2,3)4/h5-8,10H,9H2,1-4H3. The lowest BCUT2D eigenvalue weighted by Gasteiger charge is -2.19. The Hall–Kier alpha value is -0.490. The molecule has 1 aromatic rings. The predicted molar refractivity (Wildman–Crippen MR) is 64.3 cm³/mol. The smallest absolute Gasteiger partial charge is 0.0289 e. The van der Waals surface area contributed by atoms with E-state index in [1.165, 1.54) is 11.1 Å². The SMILES string of the molecule is CC(CCl)c1ccc(C(C)(C)C)cc1. The summed E-state index contributed by atoms with van der Waals surface area (Å²) in [6, 6.07) is 8.79. The molecule has 0 saturated carbocycles. The molecular weight excluding hydrogens is 192 g/mol. The molecule has 0 aliphatic heterocycles. The third kappa shape index (κ3) is 2.75. The lowest BCUT2D eigenvalue weighted by atomic mass is 9.86. The lowest BCUT2D eigenvalue weighted by molar-refractivity contribution is 0.589. The van der Waals surface area contributed by atoms with E-state index in [2.05, 4.69) is 52.0 Å². The summed E-state index contributed by atoms with van der Waals surface area (Å²) in [5.41, 5.74) is 2.94. The molecule has 0 aliphatic rings. The van der Waals surface area contributed by atoms with Gasteiger partial charge in [-0.05, 0) is 22.5 Å². The van der Waals surface area contributed by atoms with Crippen LogP contribution < -0.4 is 0 Å². The molecular formula is C13H19Cl. The second-order valence-electron chi connectivity index (χ2n) is 4.93. The van der Waals surface area contributed by atoms with Crippen LogP contribution in [0.4, 0.5) is 0 Å². The molecule has 1 unspecified atom stereocenters. The Morgan fingerprint density at radius 2 is 1.64 bits per heavy atom. The minimum atomic E-state index is 0.239. The zero-order chi connectivity index (χ0) is 10.8. The summed E-state index contributed by atoms with van der Waals surface area (Å²) in [7, 11) is 0. The molecule has 1 heteroatoms. The predicted octanol–water partition coefficient (Wildman–Crippen LogP) is 4.33. The first-order chi connectivity index (χ1) is 6.45. The molecule has 1 aromatic carbocycles. The Morgan fingerprint density at radius 3 is 2.00 bits per heavy atom. The van der Waals surface area contributed by atoms with Gasteiger partial charge in [-0.25, -0.2) is 0 Å². The molecule has 0 saturated heterocycles. The van der Waals surface area contributed by atoms with Crippen LogP contribution in [0.25, 0.3) is 0 Å². The summed E-state index contributed by atoms with van der Waals surface area (Å²) >= 11 is 5.82. The molecule has 0 N–H and O–H groups in total. The van der Waals surface area contributed by atoms with Crippen LogP contribution in [0.3, 0.4) is 0 Å². The molecule has 0 amide bonds. The number of benzene rings is 1. The van der Waals surface area contributed by atoms with Gasteiger partial charge >= 0.3 is 0 Å². The fraction of sp³-hybridized carbons (Fsp3) is 0.538. The van der Waals surface area contributed by atoms with E-state index < -0.39 is 0 Å². The number of hydrogen-bond donors (Lipinski definition) is 0. The van der Waals surface area contributed by atoms with E-state index in [-0.39, 0.29) is 5.41 Å². The summed E-state index contributed by atoms with van der Waals surface area (Å²) in [5, 5.41) is 0. The second kappa shape index (κ2) is 4.35. The third-order valence-electron chi connectivity index (χ3n) is 2.58. The number of hydrogen-bond acceptors (Lipinski definition) is 0. The van der Waals surface area contributed by atoms with E-state index in [1.807, 2.05) is 0 Å². The van der Waals surface area contributed by atoms with Gasteiger partial charge in [0.15, 0.2) is 0 Å². The Morgan fingerprint density at radius 1 is 1.14 bits per heavy atom. The highest BCUT2D eigenvalue weighted by atomic mass is 35.5. The van der Waals surface area contributed by atoms with Crippen LogP contribution in [0, 0.1) is 0 Å². The van der Waals surface area contributed by atoms with E-state index >= 15 is 0 Å². The molecule has 0 aromatic heterocycles. The van der Waals surface area contributed by atoms with Crippen LogP contribution in [0.1, 0.15) is 44.7 Å². The Bertz CT molecular complexity index is 279. The summed E-state index contributed by atoms with van der Waals surface area (Å²) in [5.74, 6) is 1.14. The first kappa shape index (κ1) is 11.6. The maximum Gasteiger partial charge on any atom is 0.0289 e. The van der Waals surface area contributed by atoms with Crippen molar-refractivity contribution in [2.24, 2.45) is 0 Å². The fourth-order valence-electron chi connectivity index (χ4n) is 1.40. The van der Waals surface area contributed by atoms with Gasteiger partial charge in [-0.1, -0.05) is 52.0 Å². The van der Waals surface area contributed by atoms with Crippen molar-refractivity contribution in [3.63, 3.8) is 0 Å². The van der Waals surface area contributed by atoms with E-state index in [9.17, 15) is 0 Å². The zero-order valence-corrected chi connectivity index (χ0v) is 10.2. The van der Waals surface area contributed by atoms with Crippen LogP contribution in [0.5, 0.6) is 0 Å². The van der Waals surface area contributed by atoms with Crippen molar-refractivity contribution in [3.8, 4) is 0 Å². The van der Waals surface area contributed by atoms with Gasteiger partial charge in [-0.3, -0.25) is 0 Å². The van der Waals surface area contributed by atoms with Crippen LogP contribution >= 0.6 is 11.6 Å². The summed E-state index contributed by atoms with van der Waals surface area (Å²) in [6.45, 7) is 8.84. The number of rotatable bonds is 2. The van der Waals surface area contributed by atoms with Crippen LogP contribution in [-0.4, -0.2) is 5.88 Å². The van der Waals surface area contributed by atoms with Gasteiger partial charge in [0.1, 0.15) is 0 Å². The van der Waals surface area contributed by atoms with Crippen molar-refractivity contribution >= 4 is 11.6 Å². The molecule has 0 bridgehead atoms. The molecule has 0 spiro atoms. The lowest BCUT2D eigenvalue weighted by Crippen LogP contribution is -2.10. The Balaban J connectivity index is 2.89. The van der Waals surface area contributed by atoms with E-state index in [1.54, 1.807) is 0 Å². The van der Waals surface area contributed by atoms with Crippen molar-refractivity contribution in [2.45, 2.75) is 39.0 Å². The average molecular weight is 211 g/mol. The van der Waals surface area contributed by atoms with Crippen LogP contribution in [0.15, 0.2) is 24.3 Å². The van der Waals surface area contributed by atoms with E-state index in [0.717, 1.165) is 0 Å². The normalized spacial score (nSPS) is 14.1.